The Morgan fingerprint density at radius 3 is 2.67 bits per heavy atom. The highest BCUT2D eigenvalue weighted by atomic mass is 16.5. The highest BCUT2D eigenvalue weighted by Gasteiger charge is 2.09. The van der Waals surface area contributed by atoms with Crippen LogP contribution in [-0.2, 0) is 0 Å². The molecule has 0 bridgehead atoms. The van der Waals surface area contributed by atoms with Crippen LogP contribution >= 0.6 is 0 Å². The van der Waals surface area contributed by atoms with Crippen molar-refractivity contribution in [3.63, 3.8) is 0 Å². The first-order valence-electron chi connectivity index (χ1n) is 7.25. The molecule has 1 N–H and O–H groups in total. The smallest absolute Gasteiger partial charge is 0.256 e. The number of rotatable bonds is 5. The van der Waals surface area contributed by atoms with Gasteiger partial charge >= 0.3 is 0 Å². The molecule has 6 nitrogen and oxygen atoms in total. The van der Waals surface area contributed by atoms with Gasteiger partial charge in [-0.15, -0.1) is 0 Å². The van der Waals surface area contributed by atoms with Crippen molar-refractivity contribution in [2.24, 2.45) is 0 Å². The molecule has 3 aromatic rings. The predicted molar refractivity (Wildman–Crippen MR) is 89.5 cm³/mol. The number of carbonyl (C=O) groups excluding carboxylic acids is 1. The summed E-state index contributed by atoms with van der Waals surface area (Å²) in [4.78, 5) is 20.5. The monoisotopic (exact) mass is 321 g/mol. The number of pyridine rings is 2. The van der Waals surface area contributed by atoms with Gasteiger partial charge in [-0.2, -0.15) is 4.98 Å². The van der Waals surface area contributed by atoms with Crippen LogP contribution in [0.3, 0.4) is 0 Å². The maximum Gasteiger partial charge on any atom is 0.256 e. The van der Waals surface area contributed by atoms with Gasteiger partial charge < -0.3 is 14.8 Å². The van der Waals surface area contributed by atoms with Crippen LogP contribution in [0.25, 0.3) is 0 Å². The van der Waals surface area contributed by atoms with Crippen LogP contribution in [0.5, 0.6) is 17.4 Å². The Labute approximate surface area is 139 Å². The zero-order valence-corrected chi connectivity index (χ0v) is 13.0. The molecule has 0 saturated carbocycles. The highest BCUT2D eigenvalue weighted by molar-refractivity contribution is 6.04. The quantitative estimate of drug-likeness (QED) is 0.778. The minimum Gasteiger partial charge on any atom is -0.481 e. The number of nitrogens with zero attached hydrogens (tertiary/aromatic N) is 2. The molecule has 0 radical (unpaired) electrons. The zero-order valence-electron chi connectivity index (χ0n) is 13.0. The van der Waals surface area contributed by atoms with Crippen LogP contribution in [0.15, 0.2) is 67.0 Å². The summed E-state index contributed by atoms with van der Waals surface area (Å²) >= 11 is 0. The highest BCUT2D eigenvalue weighted by Crippen LogP contribution is 2.21. The van der Waals surface area contributed by atoms with Gasteiger partial charge in [-0.3, -0.25) is 9.78 Å². The Bertz CT molecular complexity index is 838. The fraction of sp³-hybridized carbons (Fsp3) is 0.0556. The summed E-state index contributed by atoms with van der Waals surface area (Å²) < 4.78 is 10.7. The van der Waals surface area contributed by atoms with E-state index in [4.69, 9.17) is 9.47 Å². The number of hydrogen-bond donors (Lipinski definition) is 1. The molecule has 0 aliphatic rings. The summed E-state index contributed by atoms with van der Waals surface area (Å²) in [7, 11) is 1.52. The second-order valence-corrected chi connectivity index (χ2v) is 4.84. The normalized spacial score (nSPS) is 10.0. The van der Waals surface area contributed by atoms with Gasteiger partial charge in [-0.1, -0.05) is 12.1 Å². The molecule has 24 heavy (non-hydrogen) atoms. The topological polar surface area (TPSA) is 73.3 Å². The molecule has 2 aromatic heterocycles. The number of amides is 1. The molecule has 0 spiro atoms. The van der Waals surface area contributed by atoms with Crippen LogP contribution in [0.4, 0.5) is 5.82 Å². The van der Waals surface area contributed by atoms with Gasteiger partial charge in [0.25, 0.3) is 5.91 Å². The minimum absolute atomic E-state index is 0.285. The fourth-order valence-corrected chi connectivity index (χ4v) is 2.03. The van der Waals surface area contributed by atoms with Crippen molar-refractivity contribution in [1.29, 1.82) is 0 Å². The Hall–Kier alpha value is -3.41. The Morgan fingerprint density at radius 2 is 1.88 bits per heavy atom. The maximum absolute atomic E-state index is 12.4. The number of hydrogen-bond acceptors (Lipinski definition) is 5. The number of benzene rings is 1. The van der Waals surface area contributed by atoms with Gasteiger partial charge in [0.05, 0.1) is 13.3 Å². The van der Waals surface area contributed by atoms with E-state index in [-0.39, 0.29) is 5.91 Å². The summed E-state index contributed by atoms with van der Waals surface area (Å²) in [6.45, 7) is 0. The Morgan fingerprint density at radius 1 is 1.04 bits per heavy atom. The first-order chi connectivity index (χ1) is 11.7. The lowest BCUT2D eigenvalue weighted by molar-refractivity contribution is 0.102. The third-order valence-electron chi connectivity index (χ3n) is 3.14. The van der Waals surface area contributed by atoms with E-state index < -0.39 is 0 Å². The van der Waals surface area contributed by atoms with E-state index in [1.807, 2.05) is 0 Å². The lowest BCUT2D eigenvalue weighted by atomic mass is 10.2. The maximum atomic E-state index is 12.4. The van der Waals surface area contributed by atoms with Crippen molar-refractivity contribution in [3.8, 4) is 17.4 Å². The summed E-state index contributed by atoms with van der Waals surface area (Å²) in [5.74, 6) is 1.71. The van der Waals surface area contributed by atoms with E-state index in [9.17, 15) is 4.79 Å². The molecular formula is C18H15N3O3. The number of aromatic nitrogens is 2. The van der Waals surface area contributed by atoms with Crippen molar-refractivity contribution in [2.45, 2.75) is 0 Å². The Kier molecular flexibility index (Phi) is 4.67. The lowest BCUT2D eigenvalue weighted by Gasteiger charge is -2.08. The number of anilines is 1. The molecule has 1 aromatic carbocycles. The summed E-state index contributed by atoms with van der Waals surface area (Å²) in [6, 6.07) is 15.6. The molecule has 3 rings (SSSR count). The van der Waals surface area contributed by atoms with Crippen LogP contribution in [0.1, 0.15) is 10.4 Å². The minimum atomic E-state index is -0.285. The molecule has 0 fully saturated rings. The standard InChI is InChI=1S/C18H15N3O3/c1-23-17-9-3-8-16(20-17)21-18(22)13-5-2-6-14(11-13)24-15-7-4-10-19-12-15/h2-12H,1H3,(H,20,21,22). The van der Waals surface area contributed by atoms with Gasteiger partial charge in [-0.25, -0.2) is 0 Å². The lowest BCUT2D eigenvalue weighted by Crippen LogP contribution is -2.13. The van der Waals surface area contributed by atoms with E-state index >= 15 is 0 Å². The van der Waals surface area contributed by atoms with E-state index in [1.165, 1.54) is 7.11 Å². The van der Waals surface area contributed by atoms with Crippen molar-refractivity contribution in [1.82, 2.24) is 9.97 Å². The summed E-state index contributed by atoms with van der Waals surface area (Å²) in [6.07, 6.45) is 3.27. The second-order valence-electron chi connectivity index (χ2n) is 4.84. The van der Waals surface area contributed by atoms with E-state index in [0.29, 0.717) is 28.8 Å². The van der Waals surface area contributed by atoms with E-state index in [1.54, 1.807) is 67.0 Å². The summed E-state index contributed by atoms with van der Waals surface area (Å²) in [5, 5.41) is 2.73. The van der Waals surface area contributed by atoms with E-state index in [0.717, 1.165) is 0 Å². The van der Waals surface area contributed by atoms with Gasteiger partial charge in [0.2, 0.25) is 5.88 Å². The molecule has 0 aliphatic carbocycles. The first-order valence-corrected chi connectivity index (χ1v) is 7.25. The fourth-order valence-electron chi connectivity index (χ4n) is 2.03. The zero-order chi connectivity index (χ0) is 16.8. The molecule has 6 heteroatoms. The van der Waals surface area contributed by atoms with Crippen LogP contribution in [-0.4, -0.2) is 23.0 Å². The molecule has 0 atom stereocenters. The predicted octanol–water partition coefficient (Wildman–Crippen LogP) is 3.53. The Balaban J connectivity index is 1.74. The van der Waals surface area contributed by atoms with Crippen LogP contribution in [0.2, 0.25) is 0 Å². The van der Waals surface area contributed by atoms with Crippen LogP contribution in [0, 0.1) is 0 Å². The number of ether oxygens (including phenoxy) is 2. The van der Waals surface area contributed by atoms with Gasteiger partial charge in [-0.05, 0) is 36.4 Å². The van der Waals surface area contributed by atoms with Crippen molar-refractivity contribution in [2.75, 3.05) is 12.4 Å². The van der Waals surface area contributed by atoms with Crippen molar-refractivity contribution in [3.05, 3.63) is 72.6 Å². The summed E-state index contributed by atoms with van der Waals surface area (Å²) in [5.41, 5.74) is 0.459. The molecule has 0 saturated heterocycles. The molecule has 1 amide bonds. The second kappa shape index (κ2) is 7.23. The molecule has 2 heterocycles. The van der Waals surface area contributed by atoms with Crippen molar-refractivity contribution >= 4 is 11.7 Å². The average Bonchev–Trinajstić information content (AvgIpc) is 2.63. The average molecular weight is 321 g/mol. The first kappa shape index (κ1) is 15.5. The third-order valence-corrected chi connectivity index (χ3v) is 3.14. The number of methoxy groups -OCH3 is 1. The molecular weight excluding hydrogens is 306 g/mol. The largest absolute Gasteiger partial charge is 0.481 e. The van der Waals surface area contributed by atoms with Crippen molar-refractivity contribution < 1.29 is 14.3 Å². The molecule has 0 aliphatic heterocycles. The SMILES string of the molecule is COc1cccc(NC(=O)c2cccc(Oc3cccnc3)c2)n1. The van der Waals surface area contributed by atoms with Gasteiger partial charge in [0, 0.05) is 17.8 Å². The molecule has 0 unspecified atom stereocenters. The van der Waals surface area contributed by atoms with E-state index in [2.05, 4.69) is 15.3 Å². The third kappa shape index (κ3) is 3.86. The van der Waals surface area contributed by atoms with Gasteiger partial charge in [0.1, 0.15) is 17.3 Å². The number of nitrogens with one attached hydrogen (secondary N) is 1. The number of carbonyl (C=O) groups is 1. The van der Waals surface area contributed by atoms with Gasteiger partial charge in [0.15, 0.2) is 0 Å². The molecule has 120 valence electrons. The van der Waals surface area contributed by atoms with Crippen LogP contribution < -0.4 is 14.8 Å².